The Morgan fingerprint density at radius 3 is 2.71 bits per heavy atom. The van der Waals surface area contributed by atoms with Crippen molar-refractivity contribution in [3.05, 3.63) is 35.6 Å². The van der Waals surface area contributed by atoms with Crippen LogP contribution < -0.4 is 0 Å². The maximum Gasteiger partial charge on any atom is 0.123 e. The van der Waals surface area contributed by atoms with Crippen LogP contribution in [0.2, 0.25) is 0 Å². The zero-order valence-corrected chi connectivity index (χ0v) is 10.2. The predicted molar refractivity (Wildman–Crippen MR) is 67.3 cm³/mol. The van der Waals surface area contributed by atoms with Gasteiger partial charge in [-0.2, -0.15) is 0 Å². The number of rotatable bonds is 5. The number of aliphatic hydroxyl groups is 1. The van der Waals surface area contributed by atoms with Crippen molar-refractivity contribution in [2.24, 2.45) is 11.8 Å². The van der Waals surface area contributed by atoms with Gasteiger partial charge in [0.1, 0.15) is 5.82 Å². The van der Waals surface area contributed by atoms with Crippen molar-refractivity contribution in [1.29, 1.82) is 0 Å². The molecule has 0 spiro atoms. The minimum absolute atomic E-state index is 0.181. The van der Waals surface area contributed by atoms with E-state index in [0.29, 0.717) is 5.92 Å². The largest absolute Gasteiger partial charge is 0.396 e. The van der Waals surface area contributed by atoms with Crippen LogP contribution in [0.25, 0.3) is 0 Å². The molecule has 1 aromatic carbocycles. The van der Waals surface area contributed by atoms with Crippen LogP contribution in [0.4, 0.5) is 4.39 Å². The normalized spacial score (nSPS) is 18.5. The summed E-state index contributed by atoms with van der Waals surface area (Å²) in [6.07, 6.45) is 7.17. The molecule has 0 amide bonds. The quantitative estimate of drug-likeness (QED) is 0.828. The highest BCUT2D eigenvalue weighted by molar-refractivity contribution is 5.16. The van der Waals surface area contributed by atoms with E-state index < -0.39 is 0 Å². The summed E-state index contributed by atoms with van der Waals surface area (Å²) in [5, 5.41) is 9.42. The topological polar surface area (TPSA) is 20.2 Å². The van der Waals surface area contributed by atoms with E-state index in [2.05, 4.69) is 0 Å². The summed E-state index contributed by atoms with van der Waals surface area (Å²) in [5.41, 5.74) is 1.00. The average molecular weight is 236 g/mol. The molecular formula is C15H21FO. The minimum Gasteiger partial charge on any atom is -0.396 e. The van der Waals surface area contributed by atoms with Crippen molar-refractivity contribution >= 4 is 0 Å². The van der Waals surface area contributed by atoms with E-state index in [1.165, 1.54) is 31.7 Å². The molecule has 0 radical (unpaired) electrons. The van der Waals surface area contributed by atoms with Crippen molar-refractivity contribution in [3.63, 3.8) is 0 Å². The Balaban J connectivity index is 1.90. The fraction of sp³-hybridized carbons (Fsp3) is 0.600. The first-order chi connectivity index (χ1) is 8.28. The Morgan fingerprint density at radius 1 is 1.29 bits per heavy atom. The number of halogens is 1. The molecule has 0 heterocycles. The summed E-state index contributed by atoms with van der Waals surface area (Å²) >= 11 is 0. The SMILES string of the molecule is OCC(Cc1cccc(F)c1)CC1CCCC1. The van der Waals surface area contributed by atoms with Gasteiger partial charge < -0.3 is 5.11 Å². The van der Waals surface area contributed by atoms with Crippen molar-refractivity contribution < 1.29 is 9.50 Å². The molecule has 1 aromatic rings. The number of benzene rings is 1. The van der Waals surface area contributed by atoms with Crippen LogP contribution in [-0.4, -0.2) is 11.7 Å². The molecule has 0 bridgehead atoms. The monoisotopic (exact) mass is 236 g/mol. The molecule has 1 aliphatic carbocycles. The van der Waals surface area contributed by atoms with Gasteiger partial charge in [-0.15, -0.1) is 0 Å². The standard InChI is InChI=1S/C15H21FO/c16-15-7-3-6-13(10-15)9-14(11-17)8-12-4-1-2-5-12/h3,6-7,10,12,14,17H,1-2,4-5,8-9,11H2. The van der Waals surface area contributed by atoms with Gasteiger partial charge in [-0.1, -0.05) is 37.8 Å². The van der Waals surface area contributed by atoms with E-state index in [-0.39, 0.29) is 12.4 Å². The Hall–Kier alpha value is -0.890. The number of hydrogen-bond acceptors (Lipinski definition) is 1. The lowest BCUT2D eigenvalue weighted by atomic mass is 9.89. The number of hydrogen-bond donors (Lipinski definition) is 1. The first kappa shape index (κ1) is 12.6. The van der Waals surface area contributed by atoms with Gasteiger partial charge in [-0.05, 0) is 42.4 Å². The van der Waals surface area contributed by atoms with Crippen LogP contribution in [0.15, 0.2) is 24.3 Å². The van der Waals surface area contributed by atoms with Crippen LogP contribution in [0.3, 0.4) is 0 Å². The highest BCUT2D eigenvalue weighted by Gasteiger charge is 2.20. The molecule has 1 N–H and O–H groups in total. The van der Waals surface area contributed by atoms with E-state index in [1.54, 1.807) is 12.1 Å². The van der Waals surface area contributed by atoms with Gasteiger partial charge >= 0.3 is 0 Å². The minimum atomic E-state index is -0.181. The van der Waals surface area contributed by atoms with Gasteiger partial charge in [0.05, 0.1) is 0 Å². The average Bonchev–Trinajstić information content (AvgIpc) is 2.81. The molecule has 0 saturated heterocycles. The van der Waals surface area contributed by atoms with E-state index in [0.717, 1.165) is 24.3 Å². The van der Waals surface area contributed by atoms with Gasteiger partial charge in [0, 0.05) is 6.61 Å². The van der Waals surface area contributed by atoms with E-state index >= 15 is 0 Å². The lowest BCUT2D eigenvalue weighted by Crippen LogP contribution is -2.13. The lowest BCUT2D eigenvalue weighted by molar-refractivity contribution is 0.200. The molecule has 94 valence electrons. The first-order valence-electron chi connectivity index (χ1n) is 6.63. The summed E-state index contributed by atoms with van der Waals surface area (Å²) < 4.78 is 13.1. The second kappa shape index (κ2) is 6.15. The molecule has 1 atom stereocenters. The molecular weight excluding hydrogens is 215 g/mol. The van der Waals surface area contributed by atoms with Crippen molar-refractivity contribution in [3.8, 4) is 0 Å². The third kappa shape index (κ3) is 3.81. The molecule has 1 fully saturated rings. The van der Waals surface area contributed by atoms with E-state index in [1.807, 2.05) is 6.07 Å². The summed E-state index contributed by atoms with van der Waals surface area (Å²) in [6.45, 7) is 0.215. The Kier molecular flexibility index (Phi) is 4.55. The maximum atomic E-state index is 13.1. The fourth-order valence-electron chi connectivity index (χ4n) is 2.94. The van der Waals surface area contributed by atoms with Gasteiger partial charge in [-0.25, -0.2) is 4.39 Å². The van der Waals surface area contributed by atoms with Crippen LogP contribution in [0, 0.1) is 17.7 Å². The Labute approximate surface area is 103 Å². The molecule has 1 nitrogen and oxygen atoms in total. The summed E-state index contributed by atoms with van der Waals surface area (Å²) in [4.78, 5) is 0. The molecule has 2 heteroatoms. The fourth-order valence-corrected chi connectivity index (χ4v) is 2.94. The molecule has 1 saturated carbocycles. The van der Waals surface area contributed by atoms with Crippen LogP contribution in [0.5, 0.6) is 0 Å². The highest BCUT2D eigenvalue weighted by atomic mass is 19.1. The highest BCUT2D eigenvalue weighted by Crippen LogP contribution is 2.31. The second-order valence-corrected chi connectivity index (χ2v) is 5.27. The Bertz CT molecular complexity index is 345. The molecule has 1 aliphatic rings. The van der Waals surface area contributed by atoms with Crippen molar-refractivity contribution in [2.75, 3.05) is 6.61 Å². The molecule has 17 heavy (non-hydrogen) atoms. The number of aliphatic hydroxyl groups excluding tert-OH is 1. The van der Waals surface area contributed by atoms with E-state index in [4.69, 9.17) is 0 Å². The lowest BCUT2D eigenvalue weighted by Gasteiger charge is -2.18. The van der Waals surface area contributed by atoms with Gasteiger partial charge in [0.2, 0.25) is 0 Å². The van der Waals surface area contributed by atoms with Gasteiger partial charge in [0.25, 0.3) is 0 Å². The molecule has 2 rings (SSSR count). The molecule has 0 aromatic heterocycles. The Morgan fingerprint density at radius 2 is 2.06 bits per heavy atom. The second-order valence-electron chi connectivity index (χ2n) is 5.27. The first-order valence-corrected chi connectivity index (χ1v) is 6.63. The maximum absolute atomic E-state index is 13.1. The molecule has 0 aliphatic heterocycles. The van der Waals surface area contributed by atoms with Gasteiger partial charge in [-0.3, -0.25) is 0 Å². The third-order valence-electron chi connectivity index (χ3n) is 3.81. The van der Waals surface area contributed by atoms with E-state index in [9.17, 15) is 9.50 Å². The molecule has 1 unspecified atom stereocenters. The van der Waals surface area contributed by atoms with Crippen LogP contribution in [0.1, 0.15) is 37.7 Å². The van der Waals surface area contributed by atoms with Crippen molar-refractivity contribution in [2.45, 2.75) is 38.5 Å². The third-order valence-corrected chi connectivity index (χ3v) is 3.81. The van der Waals surface area contributed by atoms with Crippen molar-refractivity contribution in [1.82, 2.24) is 0 Å². The zero-order valence-electron chi connectivity index (χ0n) is 10.2. The summed E-state index contributed by atoms with van der Waals surface area (Å²) in [6, 6.07) is 6.74. The smallest absolute Gasteiger partial charge is 0.123 e. The zero-order chi connectivity index (χ0) is 12.1. The van der Waals surface area contributed by atoms with Crippen LogP contribution in [-0.2, 0) is 6.42 Å². The van der Waals surface area contributed by atoms with Crippen LogP contribution >= 0.6 is 0 Å². The van der Waals surface area contributed by atoms with Gasteiger partial charge in [0.15, 0.2) is 0 Å². The summed E-state index contributed by atoms with van der Waals surface area (Å²) in [5.74, 6) is 0.890. The summed E-state index contributed by atoms with van der Waals surface area (Å²) in [7, 11) is 0. The predicted octanol–water partition coefficient (Wildman–Crippen LogP) is 3.56.